The first-order valence-corrected chi connectivity index (χ1v) is 16.5. The Kier molecular flexibility index (Phi) is 12.2. The summed E-state index contributed by atoms with van der Waals surface area (Å²) in [5.41, 5.74) is 12.5. The number of hydrogen-bond donors (Lipinski definition) is 4. The number of pyridine rings is 2. The Bertz CT molecular complexity index is 1510. The van der Waals surface area contributed by atoms with E-state index in [1.807, 2.05) is 22.6 Å². The van der Waals surface area contributed by atoms with E-state index in [2.05, 4.69) is 95.0 Å². The van der Waals surface area contributed by atoms with Crippen molar-refractivity contribution in [3.8, 4) is 11.1 Å². The topological polar surface area (TPSA) is 153 Å². The smallest absolute Gasteiger partial charge is 0.228 e. The fourth-order valence-corrected chi connectivity index (χ4v) is 4.90. The van der Waals surface area contributed by atoms with Crippen molar-refractivity contribution < 1.29 is 8.78 Å². The van der Waals surface area contributed by atoms with Crippen LogP contribution in [0.2, 0.25) is 0 Å². The number of hydrogen-bond acceptors (Lipinski definition) is 10. The Morgan fingerprint density at radius 2 is 1.24 bits per heavy atom. The Balaban J connectivity index is 0.000000158. The van der Waals surface area contributed by atoms with E-state index in [1.54, 1.807) is 24.5 Å². The molecule has 4 aromatic heterocycles. The first-order valence-electron chi connectivity index (χ1n) is 12.8. The zero-order valence-corrected chi connectivity index (χ0v) is 29.5. The van der Waals surface area contributed by atoms with E-state index in [0.29, 0.717) is 37.8 Å². The quantitative estimate of drug-likeness (QED) is 0.114. The molecule has 0 spiro atoms. The summed E-state index contributed by atoms with van der Waals surface area (Å²) >= 11 is 10.5. The number of rotatable bonds is 7. The monoisotopic (exact) mass is 928 g/mol. The third-order valence-corrected chi connectivity index (χ3v) is 9.96. The average molecular weight is 930 g/mol. The molecule has 222 valence electrons. The van der Waals surface area contributed by atoms with Crippen LogP contribution in [0.5, 0.6) is 0 Å². The minimum absolute atomic E-state index is 0.192. The number of halogens is 6. The Labute approximate surface area is 285 Å². The lowest BCUT2D eigenvalue weighted by atomic mass is 10.1. The fraction of sp³-hybridized carbons (Fsp3) is 0.308. The van der Waals surface area contributed by atoms with Gasteiger partial charge in [0.05, 0.1) is 12.5 Å². The molecule has 2 aliphatic rings. The Morgan fingerprint density at radius 3 is 1.81 bits per heavy atom. The first-order chi connectivity index (χ1) is 20.1. The van der Waals surface area contributed by atoms with Crippen LogP contribution < -0.4 is 22.1 Å². The van der Waals surface area contributed by atoms with Gasteiger partial charge in [-0.3, -0.25) is 0 Å². The summed E-state index contributed by atoms with van der Waals surface area (Å²) in [5, 5.41) is 6.54. The maximum absolute atomic E-state index is 13.6. The molecule has 0 radical (unpaired) electrons. The van der Waals surface area contributed by atoms with Gasteiger partial charge in [-0.2, -0.15) is 18.7 Å². The standard InChI is InChI=1S/C13H13BrFN5.C8H11IN4.C5H2BrFIN/c14-10-8(3-4-17-11(10)15)9-6-19-13(16)20-12(9)18-5-7-1-2-7;9-6-4-12-8(10)13-7(6)11-3-5-1-2-5;6-4-3(8)1-2-9-5(4)7/h3-4,6-7H,1-2,5H2,(H3,16,18,19,20);4-5H,1-3H2,(H3,10,11,12,13);1-2H. The van der Waals surface area contributed by atoms with Crippen LogP contribution >= 0.6 is 77.0 Å². The van der Waals surface area contributed by atoms with Crippen molar-refractivity contribution in [3.63, 3.8) is 0 Å². The molecule has 0 aromatic carbocycles. The predicted octanol–water partition coefficient (Wildman–Crippen LogP) is 6.92. The van der Waals surface area contributed by atoms with Gasteiger partial charge >= 0.3 is 0 Å². The molecule has 6 N–H and O–H groups in total. The molecule has 6 rings (SSSR count). The summed E-state index contributed by atoms with van der Waals surface area (Å²) in [6.45, 7) is 1.85. The molecule has 2 fully saturated rings. The van der Waals surface area contributed by atoms with Crippen molar-refractivity contribution in [2.45, 2.75) is 25.7 Å². The third kappa shape index (κ3) is 10.0. The zero-order valence-electron chi connectivity index (χ0n) is 22.0. The summed E-state index contributed by atoms with van der Waals surface area (Å²) in [4.78, 5) is 23.2. The zero-order chi connectivity index (χ0) is 30.2. The van der Waals surface area contributed by atoms with E-state index in [1.165, 1.54) is 38.1 Å². The highest BCUT2D eigenvalue weighted by atomic mass is 127. The van der Waals surface area contributed by atoms with Crippen molar-refractivity contribution in [3.05, 3.63) is 64.9 Å². The van der Waals surface area contributed by atoms with E-state index < -0.39 is 11.9 Å². The first kappa shape index (κ1) is 32.8. The number of aromatic nitrogens is 6. The van der Waals surface area contributed by atoms with Crippen molar-refractivity contribution >= 4 is 101 Å². The van der Waals surface area contributed by atoms with Gasteiger partial charge in [0.2, 0.25) is 23.8 Å². The van der Waals surface area contributed by atoms with Gasteiger partial charge in [-0.1, -0.05) is 0 Å². The van der Waals surface area contributed by atoms with Gasteiger partial charge in [0, 0.05) is 52.6 Å². The Morgan fingerprint density at radius 1 is 0.714 bits per heavy atom. The summed E-state index contributed by atoms with van der Waals surface area (Å²) in [7, 11) is 0. The van der Waals surface area contributed by atoms with Crippen molar-refractivity contribution in [2.24, 2.45) is 11.8 Å². The van der Waals surface area contributed by atoms with Crippen LogP contribution in [-0.2, 0) is 0 Å². The number of nitrogens with two attached hydrogens (primary N) is 2. The van der Waals surface area contributed by atoms with Crippen LogP contribution in [0.3, 0.4) is 0 Å². The maximum atomic E-state index is 13.6. The molecule has 0 saturated heterocycles. The van der Waals surface area contributed by atoms with Gasteiger partial charge < -0.3 is 22.1 Å². The molecular weight excluding hydrogens is 904 g/mol. The summed E-state index contributed by atoms with van der Waals surface area (Å²) in [6, 6.07) is 3.44. The fourth-order valence-electron chi connectivity index (χ4n) is 3.38. The van der Waals surface area contributed by atoms with Crippen molar-refractivity contribution in [1.29, 1.82) is 0 Å². The van der Waals surface area contributed by atoms with Crippen molar-refractivity contribution in [1.82, 2.24) is 29.9 Å². The predicted molar refractivity (Wildman–Crippen MR) is 184 cm³/mol. The highest BCUT2D eigenvalue weighted by Gasteiger charge is 2.22. The number of anilines is 4. The lowest BCUT2D eigenvalue weighted by Crippen LogP contribution is -2.09. The summed E-state index contributed by atoms with van der Waals surface area (Å²) in [5.74, 6) is 2.52. The maximum Gasteiger partial charge on any atom is 0.228 e. The second-order valence-corrected chi connectivity index (χ2v) is 13.3. The van der Waals surface area contributed by atoms with E-state index in [9.17, 15) is 8.78 Å². The van der Waals surface area contributed by atoms with Gasteiger partial charge in [0.25, 0.3) is 0 Å². The van der Waals surface area contributed by atoms with Crippen LogP contribution in [0.25, 0.3) is 11.1 Å². The van der Waals surface area contributed by atoms with Gasteiger partial charge in [-0.25, -0.2) is 19.9 Å². The Hall–Kier alpha value is -2.06. The molecule has 0 bridgehead atoms. The van der Waals surface area contributed by atoms with Crippen LogP contribution in [0, 0.1) is 30.9 Å². The van der Waals surface area contributed by atoms with Crippen molar-refractivity contribution in [2.75, 3.05) is 35.2 Å². The van der Waals surface area contributed by atoms with Gasteiger partial charge in [0.15, 0.2) is 0 Å². The minimum Gasteiger partial charge on any atom is -0.369 e. The lowest BCUT2D eigenvalue weighted by Gasteiger charge is -2.12. The molecule has 10 nitrogen and oxygen atoms in total. The van der Waals surface area contributed by atoms with E-state index in [-0.39, 0.29) is 5.95 Å². The molecule has 0 unspecified atom stereocenters. The van der Waals surface area contributed by atoms with Gasteiger partial charge in [-0.05, 0) is 127 Å². The molecule has 4 heterocycles. The summed E-state index contributed by atoms with van der Waals surface area (Å²) in [6.07, 6.45) is 11.3. The second kappa shape index (κ2) is 15.6. The van der Waals surface area contributed by atoms with Gasteiger partial charge in [0.1, 0.15) is 11.6 Å². The van der Waals surface area contributed by atoms with E-state index >= 15 is 0 Å². The highest BCUT2D eigenvalue weighted by molar-refractivity contribution is 14.1. The van der Waals surface area contributed by atoms with E-state index in [4.69, 9.17) is 11.5 Å². The summed E-state index contributed by atoms with van der Waals surface area (Å²) < 4.78 is 28.6. The SMILES string of the molecule is Fc1nccc(I)c1Br.Nc1ncc(-c2ccnc(F)c2Br)c(NCC2CC2)n1.Nc1ncc(I)c(NCC2CC2)n1. The normalized spacial score (nSPS) is 13.8. The van der Waals surface area contributed by atoms with Crippen LogP contribution in [0.15, 0.2) is 45.9 Å². The van der Waals surface area contributed by atoms with Crippen LogP contribution in [0.4, 0.5) is 32.3 Å². The lowest BCUT2D eigenvalue weighted by molar-refractivity contribution is 0.575. The molecule has 2 saturated carbocycles. The minimum atomic E-state index is -0.563. The number of nitrogens with zero attached hydrogens (tertiary/aromatic N) is 6. The number of nitrogen functional groups attached to an aromatic ring is 2. The number of nitrogens with one attached hydrogen (secondary N) is 2. The molecule has 42 heavy (non-hydrogen) atoms. The molecule has 0 atom stereocenters. The molecule has 0 aliphatic heterocycles. The largest absolute Gasteiger partial charge is 0.369 e. The molecular formula is C26H26Br2F2I2N10. The average Bonchev–Trinajstić information content (AvgIpc) is 3.89. The molecule has 16 heteroatoms. The van der Waals surface area contributed by atoms with E-state index in [0.717, 1.165) is 32.0 Å². The molecule has 2 aliphatic carbocycles. The van der Waals surface area contributed by atoms with Crippen LogP contribution in [-0.4, -0.2) is 43.0 Å². The molecule has 0 amide bonds. The molecule has 4 aromatic rings. The second-order valence-electron chi connectivity index (χ2n) is 9.42. The van der Waals surface area contributed by atoms with Gasteiger partial charge in [-0.15, -0.1) is 0 Å². The highest BCUT2D eigenvalue weighted by Crippen LogP contribution is 2.35. The van der Waals surface area contributed by atoms with Crippen LogP contribution in [0.1, 0.15) is 25.7 Å². The third-order valence-electron chi connectivity index (χ3n) is 6.02.